The maximum absolute atomic E-state index is 12.8. The van der Waals surface area contributed by atoms with E-state index in [1.54, 1.807) is 4.90 Å². The summed E-state index contributed by atoms with van der Waals surface area (Å²) in [6.07, 6.45) is -2.80. The van der Waals surface area contributed by atoms with E-state index in [0.29, 0.717) is 18.7 Å². The van der Waals surface area contributed by atoms with Crippen molar-refractivity contribution in [3.8, 4) is 0 Å². The first-order chi connectivity index (χ1) is 13.5. The van der Waals surface area contributed by atoms with E-state index in [4.69, 9.17) is 5.73 Å². The molecule has 160 valence electrons. The summed E-state index contributed by atoms with van der Waals surface area (Å²) in [4.78, 5) is 28.7. The minimum Gasteiger partial charge on any atom is -0.383 e. The molecule has 0 amide bonds. The van der Waals surface area contributed by atoms with Gasteiger partial charge in [-0.2, -0.15) is 13.2 Å². The second-order valence-corrected chi connectivity index (χ2v) is 7.47. The van der Waals surface area contributed by atoms with E-state index in [2.05, 4.69) is 4.98 Å². The standard InChI is InChI=1S/C20H27F3N4O2/c1-4-5-10-26(12-14-6-8-15(9-7-14)20(21,22)23)16-17(24)27(11-13(2)3)19(29)25-18(16)28/h6-9,13H,4-5,10-12,24H2,1-3H3,(H,25,28,29). The van der Waals surface area contributed by atoms with E-state index in [1.807, 2.05) is 20.8 Å². The van der Waals surface area contributed by atoms with Crippen LogP contribution in [0.2, 0.25) is 0 Å². The average molecular weight is 412 g/mol. The zero-order valence-electron chi connectivity index (χ0n) is 16.8. The van der Waals surface area contributed by atoms with Gasteiger partial charge in [0.05, 0.1) is 5.56 Å². The fraction of sp³-hybridized carbons (Fsp3) is 0.500. The molecule has 0 radical (unpaired) electrons. The van der Waals surface area contributed by atoms with Crippen LogP contribution in [-0.4, -0.2) is 16.1 Å². The van der Waals surface area contributed by atoms with Gasteiger partial charge in [0.1, 0.15) is 11.5 Å². The largest absolute Gasteiger partial charge is 0.416 e. The highest BCUT2D eigenvalue weighted by Crippen LogP contribution is 2.29. The number of H-pyrrole nitrogens is 1. The lowest BCUT2D eigenvalue weighted by molar-refractivity contribution is -0.137. The quantitative estimate of drug-likeness (QED) is 0.694. The molecule has 29 heavy (non-hydrogen) atoms. The maximum atomic E-state index is 12.8. The zero-order chi connectivity index (χ0) is 21.8. The molecule has 0 spiro atoms. The Kier molecular flexibility index (Phi) is 7.16. The van der Waals surface area contributed by atoms with Crippen LogP contribution in [0.4, 0.5) is 24.7 Å². The average Bonchev–Trinajstić information content (AvgIpc) is 2.62. The molecular weight excluding hydrogens is 385 g/mol. The number of nitrogens with one attached hydrogen (secondary N) is 1. The number of hydrogen-bond acceptors (Lipinski definition) is 4. The van der Waals surface area contributed by atoms with Gasteiger partial charge >= 0.3 is 11.9 Å². The van der Waals surface area contributed by atoms with Crippen LogP contribution in [0.3, 0.4) is 0 Å². The number of nitrogens with two attached hydrogens (primary N) is 1. The van der Waals surface area contributed by atoms with Crippen molar-refractivity contribution in [2.75, 3.05) is 17.2 Å². The minimum atomic E-state index is -4.41. The lowest BCUT2D eigenvalue weighted by Crippen LogP contribution is -2.39. The number of aromatic amines is 1. The Morgan fingerprint density at radius 2 is 1.79 bits per heavy atom. The minimum absolute atomic E-state index is 0.0652. The van der Waals surface area contributed by atoms with E-state index in [-0.39, 0.29) is 24.0 Å². The molecule has 0 saturated heterocycles. The SMILES string of the molecule is CCCCN(Cc1ccc(C(F)(F)F)cc1)c1c(N)n(CC(C)C)c(=O)[nH]c1=O. The molecule has 0 atom stereocenters. The first-order valence-corrected chi connectivity index (χ1v) is 9.58. The zero-order valence-corrected chi connectivity index (χ0v) is 16.8. The molecule has 1 aromatic heterocycles. The molecule has 0 bridgehead atoms. The summed E-state index contributed by atoms with van der Waals surface area (Å²) >= 11 is 0. The normalized spacial score (nSPS) is 11.8. The van der Waals surface area contributed by atoms with Gasteiger partial charge in [0.2, 0.25) is 0 Å². The molecule has 3 N–H and O–H groups in total. The summed E-state index contributed by atoms with van der Waals surface area (Å²) in [5.41, 5.74) is 5.06. The Hall–Kier alpha value is -2.71. The van der Waals surface area contributed by atoms with Crippen LogP contribution >= 0.6 is 0 Å². The highest BCUT2D eigenvalue weighted by atomic mass is 19.4. The molecule has 2 rings (SSSR count). The Labute approximate surface area is 167 Å². The van der Waals surface area contributed by atoms with Crippen molar-refractivity contribution in [3.05, 3.63) is 56.2 Å². The van der Waals surface area contributed by atoms with Gasteiger partial charge in [-0.05, 0) is 30.0 Å². The van der Waals surface area contributed by atoms with Crippen LogP contribution < -0.4 is 21.9 Å². The number of anilines is 2. The molecular formula is C20H27F3N4O2. The highest BCUT2D eigenvalue weighted by molar-refractivity contribution is 5.62. The number of aromatic nitrogens is 2. The van der Waals surface area contributed by atoms with E-state index in [1.165, 1.54) is 16.7 Å². The first-order valence-electron chi connectivity index (χ1n) is 9.58. The van der Waals surface area contributed by atoms with Gasteiger partial charge in [-0.1, -0.05) is 39.3 Å². The highest BCUT2D eigenvalue weighted by Gasteiger charge is 2.30. The van der Waals surface area contributed by atoms with Gasteiger partial charge in [-0.15, -0.1) is 0 Å². The Morgan fingerprint density at radius 1 is 1.17 bits per heavy atom. The van der Waals surface area contributed by atoms with Crippen molar-refractivity contribution >= 4 is 11.5 Å². The molecule has 0 aliphatic carbocycles. The summed E-state index contributed by atoms with van der Waals surface area (Å²) in [7, 11) is 0. The van der Waals surface area contributed by atoms with Gasteiger partial charge < -0.3 is 10.6 Å². The molecule has 0 aliphatic heterocycles. The molecule has 2 aromatic rings. The molecule has 0 fully saturated rings. The van der Waals surface area contributed by atoms with Crippen molar-refractivity contribution in [1.29, 1.82) is 0 Å². The lowest BCUT2D eigenvalue weighted by atomic mass is 10.1. The number of nitrogen functional groups attached to an aromatic ring is 1. The summed E-state index contributed by atoms with van der Waals surface area (Å²) in [5.74, 6) is 0.197. The summed E-state index contributed by atoms with van der Waals surface area (Å²) in [6.45, 7) is 6.86. The number of hydrogen-bond donors (Lipinski definition) is 2. The fourth-order valence-corrected chi connectivity index (χ4v) is 3.07. The molecule has 0 aliphatic rings. The van der Waals surface area contributed by atoms with E-state index in [0.717, 1.165) is 25.0 Å². The third-order valence-corrected chi connectivity index (χ3v) is 4.51. The number of nitrogens with zero attached hydrogens (tertiary/aromatic N) is 2. The van der Waals surface area contributed by atoms with Gasteiger partial charge in [-0.25, -0.2) is 4.79 Å². The number of halogens is 3. The number of benzene rings is 1. The van der Waals surface area contributed by atoms with Gasteiger partial charge in [-0.3, -0.25) is 14.3 Å². The van der Waals surface area contributed by atoms with Crippen LogP contribution in [-0.2, 0) is 19.3 Å². The Bertz CT molecular complexity index is 931. The predicted molar refractivity (Wildman–Crippen MR) is 108 cm³/mol. The van der Waals surface area contributed by atoms with Crippen LogP contribution in [0.25, 0.3) is 0 Å². The molecule has 1 heterocycles. The lowest BCUT2D eigenvalue weighted by Gasteiger charge is -2.26. The second-order valence-electron chi connectivity index (χ2n) is 7.47. The van der Waals surface area contributed by atoms with Crippen LogP contribution in [0.15, 0.2) is 33.9 Å². The Morgan fingerprint density at radius 3 is 2.31 bits per heavy atom. The van der Waals surface area contributed by atoms with Crippen molar-refractivity contribution in [1.82, 2.24) is 9.55 Å². The van der Waals surface area contributed by atoms with Crippen molar-refractivity contribution in [2.24, 2.45) is 5.92 Å². The van der Waals surface area contributed by atoms with Crippen LogP contribution in [0.1, 0.15) is 44.7 Å². The van der Waals surface area contributed by atoms with Crippen molar-refractivity contribution in [2.45, 2.75) is 52.9 Å². The fourth-order valence-electron chi connectivity index (χ4n) is 3.07. The predicted octanol–water partition coefficient (Wildman–Crippen LogP) is 3.60. The third kappa shape index (κ3) is 5.65. The molecule has 0 saturated carbocycles. The Balaban J connectivity index is 2.45. The third-order valence-electron chi connectivity index (χ3n) is 4.51. The van der Waals surface area contributed by atoms with Gasteiger partial charge in [0, 0.05) is 19.6 Å². The van der Waals surface area contributed by atoms with E-state index < -0.39 is 23.0 Å². The maximum Gasteiger partial charge on any atom is 0.416 e. The topological polar surface area (TPSA) is 84.1 Å². The van der Waals surface area contributed by atoms with E-state index in [9.17, 15) is 22.8 Å². The molecule has 1 aromatic carbocycles. The van der Waals surface area contributed by atoms with Crippen molar-refractivity contribution in [3.63, 3.8) is 0 Å². The van der Waals surface area contributed by atoms with Gasteiger partial charge in [0.25, 0.3) is 5.56 Å². The van der Waals surface area contributed by atoms with Gasteiger partial charge in [0.15, 0.2) is 0 Å². The van der Waals surface area contributed by atoms with Crippen LogP contribution in [0, 0.1) is 5.92 Å². The summed E-state index contributed by atoms with van der Waals surface area (Å²) in [6, 6.07) is 4.80. The first kappa shape index (κ1) is 22.6. The second kappa shape index (κ2) is 9.19. The molecule has 6 nitrogen and oxygen atoms in total. The molecule has 9 heteroatoms. The van der Waals surface area contributed by atoms with Crippen molar-refractivity contribution < 1.29 is 13.2 Å². The number of unbranched alkanes of at least 4 members (excludes halogenated alkanes) is 1. The smallest absolute Gasteiger partial charge is 0.383 e. The summed E-state index contributed by atoms with van der Waals surface area (Å²) < 4.78 is 39.7. The number of alkyl halides is 3. The monoisotopic (exact) mass is 412 g/mol. The molecule has 0 unspecified atom stereocenters. The van der Waals surface area contributed by atoms with Crippen LogP contribution in [0.5, 0.6) is 0 Å². The van der Waals surface area contributed by atoms with E-state index >= 15 is 0 Å². The number of rotatable bonds is 8. The summed E-state index contributed by atoms with van der Waals surface area (Å²) in [5, 5.41) is 0.